The van der Waals surface area contributed by atoms with Crippen molar-refractivity contribution >= 4 is 27.7 Å². The van der Waals surface area contributed by atoms with Crippen LogP contribution in [-0.2, 0) is 16.0 Å². The Bertz CT molecular complexity index is 888. The minimum atomic E-state index is -1.18. The standard InChI is InChI=1S/C21H24BrN3O4/c1-14-21(20(27)25-23,13-16-5-2-3-6-18(16)22)24-19(29-14)15-7-9-17(10-8-15)28-12-4-11-26/h2-3,5-10,14,26H,4,11-13,23H2,1H3,(H,25,27)/t14-,21-/m0/s1. The third kappa shape index (κ3) is 4.60. The molecule has 0 aliphatic carbocycles. The zero-order chi connectivity index (χ0) is 20.9. The molecule has 29 heavy (non-hydrogen) atoms. The van der Waals surface area contributed by atoms with E-state index in [9.17, 15) is 4.79 Å². The maximum atomic E-state index is 12.8. The highest BCUT2D eigenvalue weighted by atomic mass is 79.9. The number of nitrogens with zero attached hydrogens (tertiary/aromatic N) is 1. The van der Waals surface area contributed by atoms with Crippen molar-refractivity contribution in [1.29, 1.82) is 0 Å². The Morgan fingerprint density at radius 2 is 2.03 bits per heavy atom. The number of halogens is 1. The van der Waals surface area contributed by atoms with Gasteiger partial charge in [-0.3, -0.25) is 10.2 Å². The molecule has 1 aliphatic rings. The number of nitrogens with two attached hydrogens (primary N) is 1. The normalized spacial score (nSPS) is 20.7. The van der Waals surface area contributed by atoms with E-state index < -0.39 is 17.6 Å². The first kappa shape index (κ1) is 21.3. The van der Waals surface area contributed by atoms with Gasteiger partial charge in [0, 0.05) is 29.5 Å². The van der Waals surface area contributed by atoms with E-state index in [1.54, 1.807) is 12.1 Å². The van der Waals surface area contributed by atoms with Crippen molar-refractivity contribution in [2.24, 2.45) is 10.8 Å². The molecule has 154 valence electrons. The number of carbonyl (C=O) groups excluding carboxylic acids is 1. The molecule has 0 aromatic heterocycles. The topological polar surface area (TPSA) is 106 Å². The molecule has 1 heterocycles. The lowest BCUT2D eigenvalue weighted by Gasteiger charge is -2.27. The number of aliphatic hydroxyl groups excluding tert-OH is 1. The van der Waals surface area contributed by atoms with Crippen LogP contribution in [-0.4, -0.2) is 41.8 Å². The highest BCUT2D eigenvalue weighted by Gasteiger charge is 2.50. The molecular formula is C21H24BrN3O4. The van der Waals surface area contributed by atoms with Crippen molar-refractivity contribution in [3.8, 4) is 5.75 Å². The Morgan fingerprint density at radius 3 is 2.69 bits per heavy atom. The summed E-state index contributed by atoms with van der Waals surface area (Å²) in [4.78, 5) is 17.5. The van der Waals surface area contributed by atoms with E-state index in [2.05, 4.69) is 21.4 Å². The molecule has 0 saturated heterocycles. The molecule has 0 fully saturated rings. The predicted octanol–water partition coefficient (Wildman–Crippen LogP) is 2.35. The van der Waals surface area contributed by atoms with E-state index in [4.69, 9.17) is 25.4 Å². The first-order valence-corrected chi connectivity index (χ1v) is 10.1. The molecule has 0 saturated carbocycles. The van der Waals surface area contributed by atoms with Crippen molar-refractivity contribution in [2.45, 2.75) is 31.4 Å². The van der Waals surface area contributed by atoms with Crippen LogP contribution >= 0.6 is 15.9 Å². The van der Waals surface area contributed by atoms with Crippen LogP contribution in [0.4, 0.5) is 0 Å². The number of rotatable bonds is 8. The van der Waals surface area contributed by atoms with Gasteiger partial charge in [0.15, 0.2) is 5.54 Å². The number of amides is 1. The molecule has 1 amide bonds. The van der Waals surface area contributed by atoms with Crippen molar-refractivity contribution in [2.75, 3.05) is 13.2 Å². The molecule has 2 aromatic rings. The van der Waals surface area contributed by atoms with E-state index in [1.807, 2.05) is 43.3 Å². The van der Waals surface area contributed by atoms with E-state index in [0.29, 0.717) is 31.1 Å². The van der Waals surface area contributed by atoms with Crippen molar-refractivity contribution in [3.63, 3.8) is 0 Å². The van der Waals surface area contributed by atoms with Crippen molar-refractivity contribution in [1.82, 2.24) is 5.43 Å². The highest BCUT2D eigenvalue weighted by molar-refractivity contribution is 9.10. The second-order valence-corrected chi connectivity index (χ2v) is 7.65. The van der Waals surface area contributed by atoms with Crippen molar-refractivity contribution in [3.05, 3.63) is 64.1 Å². The summed E-state index contributed by atoms with van der Waals surface area (Å²) in [7, 11) is 0. The van der Waals surface area contributed by atoms with Gasteiger partial charge >= 0.3 is 0 Å². The number of ether oxygens (including phenoxy) is 2. The van der Waals surface area contributed by atoms with E-state index in [0.717, 1.165) is 15.6 Å². The lowest BCUT2D eigenvalue weighted by molar-refractivity contribution is -0.128. The fourth-order valence-electron chi connectivity index (χ4n) is 3.20. The molecule has 7 nitrogen and oxygen atoms in total. The third-order valence-corrected chi connectivity index (χ3v) is 5.65. The van der Waals surface area contributed by atoms with Gasteiger partial charge in [0.1, 0.15) is 11.9 Å². The van der Waals surface area contributed by atoms with Crippen LogP contribution in [0.5, 0.6) is 5.75 Å². The summed E-state index contributed by atoms with van der Waals surface area (Å²) >= 11 is 3.53. The van der Waals surface area contributed by atoms with Gasteiger partial charge in [0.2, 0.25) is 5.90 Å². The number of hydrazine groups is 1. The van der Waals surface area contributed by atoms with Gasteiger partial charge in [-0.25, -0.2) is 10.8 Å². The van der Waals surface area contributed by atoms with E-state index in [1.165, 1.54) is 0 Å². The second-order valence-electron chi connectivity index (χ2n) is 6.79. The first-order chi connectivity index (χ1) is 14.0. The number of hydrogen-bond acceptors (Lipinski definition) is 6. The fraction of sp³-hybridized carbons (Fsp3) is 0.333. The highest BCUT2D eigenvalue weighted by Crippen LogP contribution is 2.34. The molecule has 3 rings (SSSR count). The molecule has 0 bridgehead atoms. The summed E-state index contributed by atoms with van der Waals surface area (Å²) < 4.78 is 12.4. The molecule has 2 atom stereocenters. The Hall–Kier alpha value is -2.42. The van der Waals surface area contributed by atoms with Gasteiger partial charge < -0.3 is 14.6 Å². The van der Waals surface area contributed by atoms with Gasteiger partial charge in [-0.1, -0.05) is 34.1 Å². The fourth-order valence-corrected chi connectivity index (χ4v) is 3.63. The zero-order valence-electron chi connectivity index (χ0n) is 16.1. The smallest absolute Gasteiger partial charge is 0.266 e. The summed E-state index contributed by atoms with van der Waals surface area (Å²) in [5, 5.41) is 8.84. The molecule has 2 aromatic carbocycles. The lowest BCUT2D eigenvalue weighted by atomic mass is 9.86. The number of carbonyl (C=O) groups is 1. The molecular weight excluding hydrogens is 438 g/mol. The van der Waals surface area contributed by atoms with E-state index >= 15 is 0 Å². The van der Waals surface area contributed by atoms with Crippen LogP contribution in [0.3, 0.4) is 0 Å². The average Bonchev–Trinajstić information content (AvgIpc) is 3.07. The molecule has 8 heteroatoms. The largest absolute Gasteiger partial charge is 0.494 e. The van der Waals surface area contributed by atoms with Crippen LogP contribution in [0.1, 0.15) is 24.5 Å². The van der Waals surface area contributed by atoms with Crippen LogP contribution in [0, 0.1) is 0 Å². The van der Waals surface area contributed by atoms with Gasteiger partial charge in [-0.2, -0.15) is 0 Å². The third-order valence-electron chi connectivity index (χ3n) is 4.88. The maximum absolute atomic E-state index is 12.8. The maximum Gasteiger partial charge on any atom is 0.266 e. The molecule has 0 spiro atoms. The average molecular weight is 462 g/mol. The number of hydrogen-bond donors (Lipinski definition) is 3. The SMILES string of the molecule is C[C@@H]1OC(c2ccc(OCCCO)cc2)=N[C@]1(Cc1ccccc1Br)C(=O)NN. The number of benzene rings is 2. The Kier molecular flexibility index (Phi) is 6.89. The Balaban J connectivity index is 1.88. The van der Waals surface area contributed by atoms with Crippen LogP contribution in [0.25, 0.3) is 0 Å². The molecule has 0 radical (unpaired) electrons. The summed E-state index contributed by atoms with van der Waals surface area (Å²) in [6.07, 6.45) is 0.402. The monoisotopic (exact) mass is 461 g/mol. The van der Waals surface area contributed by atoms with Gasteiger partial charge in [-0.15, -0.1) is 0 Å². The predicted molar refractivity (Wildman–Crippen MR) is 114 cm³/mol. The number of nitrogens with one attached hydrogen (secondary N) is 1. The summed E-state index contributed by atoms with van der Waals surface area (Å²) in [6, 6.07) is 15.0. The zero-order valence-corrected chi connectivity index (χ0v) is 17.7. The summed E-state index contributed by atoms with van der Waals surface area (Å²) in [6.45, 7) is 2.34. The summed E-state index contributed by atoms with van der Waals surface area (Å²) in [5.74, 6) is 6.15. The Morgan fingerprint density at radius 1 is 1.31 bits per heavy atom. The van der Waals surface area contributed by atoms with Crippen LogP contribution < -0.4 is 16.0 Å². The quantitative estimate of drug-likeness (QED) is 0.242. The Labute approximate surface area is 178 Å². The molecule has 1 aliphatic heterocycles. The summed E-state index contributed by atoms with van der Waals surface area (Å²) in [5.41, 5.74) is 2.74. The minimum Gasteiger partial charge on any atom is -0.494 e. The van der Waals surface area contributed by atoms with Crippen LogP contribution in [0.15, 0.2) is 58.0 Å². The van der Waals surface area contributed by atoms with Gasteiger partial charge in [0.05, 0.1) is 6.61 Å². The van der Waals surface area contributed by atoms with Gasteiger partial charge in [-0.05, 0) is 42.8 Å². The second kappa shape index (κ2) is 9.39. The number of aliphatic imine (C=N–C) groups is 1. The van der Waals surface area contributed by atoms with E-state index in [-0.39, 0.29) is 6.61 Å². The lowest BCUT2D eigenvalue weighted by Crippen LogP contribution is -2.54. The van der Waals surface area contributed by atoms with Crippen molar-refractivity contribution < 1.29 is 19.4 Å². The number of aliphatic hydroxyl groups is 1. The minimum absolute atomic E-state index is 0.0867. The molecule has 0 unspecified atom stereocenters. The van der Waals surface area contributed by atoms with Gasteiger partial charge in [0.25, 0.3) is 5.91 Å². The first-order valence-electron chi connectivity index (χ1n) is 9.35. The van der Waals surface area contributed by atoms with Crippen LogP contribution in [0.2, 0.25) is 0 Å². The molecule has 4 N–H and O–H groups in total.